The SMILES string of the molecule is CC(C)(C)NC(=O)CNC(=O)c1ccc(-c2ccc(F)cc2)o1. The molecule has 0 atom stereocenters. The fraction of sp³-hybridized carbons (Fsp3) is 0.294. The number of carbonyl (C=O) groups is 2. The third-order valence-corrected chi connectivity index (χ3v) is 2.88. The molecule has 0 aliphatic carbocycles. The van der Waals surface area contributed by atoms with Crippen LogP contribution in [0.1, 0.15) is 31.3 Å². The van der Waals surface area contributed by atoms with E-state index in [0.29, 0.717) is 11.3 Å². The highest BCUT2D eigenvalue weighted by Gasteiger charge is 2.16. The second-order valence-electron chi connectivity index (χ2n) is 6.15. The van der Waals surface area contributed by atoms with Crippen LogP contribution in [0.15, 0.2) is 40.8 Å². The minimum atomic E-state index is -0.484. The summed E-state index contributed by atoms with van der Waals surface area (Å²) in [5.41, 5.74) is 0.304. The number of benzene rings is 1. The maximum atomic E-state index is 12.9. The van der Waals surface area contributed by atoms with Crippen molar-refractivity contribution < 1.29 is 18.4 Å². The van der Waals surface area contributed by atoms with Gasteiger partial charge in [-0.05, 0) is 57.2 Å². The van der Waals surface area contributed by atoms with E-state index in [1.807, 2.05) is 20.8 Å². The molecular formula is C17H19FN2O3. The molecule has 0 aliphatic rings. The maximum Gasteiger partial charge on any atom is 0.287 e. The fourth-order valence-electron chi connectivity index (χ4n) is 1.94. The van der Waals surface area contributed by atoms with Crippen LogP contribution < -0.4 is 10.6 Å². The number of furan rings is 1. The summed E-state index contributed by atoms with van der Waals surface area (Å²) in [6.07, 6.45) is 0. The van der Waals surface area contributed by atoms with Crippen LogP contribution >= 0.6 is 0 Å². The Morgan fingerprint density at radius 1 is 1.09 bits per heavy atom. The minimum absolute atomic E-state index is 0.0906. The van der Waals surface area contributed by atoms with Gasteiger partial charge in [0, 0.05) is 11.1 Å². The molecule has 1 heterocycles. The predicted molar refractivity (Wildman–Crippen MR) is 84.3 cm³/mol. The van der Waals surface area contributed by atoms with Crippen LogP contribution in [0, 0.1) is 5.82 Å². The first-order chi connectivity index (χ1) is 10.7. The van der Waals surface area contributed by atoms with Crippen molar-refractivity contribution in [2.45, 2.75) is 26.3 Å². The van der Waals surface area contributed by atoms with Crippen LogP contribution in [-0.4, -0.2) is 23.9 Å². The highest BCUT2D eigenvalue weighted by Crippen LogP contribution is 2.22. The lowest BCUT2D eigenvalue weighted by atomic mass is 10.1. The predicted octanol–water partition coefficient (Wildman–Crippen LogP) is 2.73. The Balaban J connectivity index is 1.96. The normalized spacial score (nSPS) is 11.1. The summed E-state index contributed by atoms with van der Waals surface area (Å²) in [6, 6.07) is 8.88. The first-order valence-corrected chi connectivity index (χ1v) is 7.19. The third-order valence-electron chi connectivity index (χ3n) is 2.88. The molecule has 0 bridgehead atoms. The maximum absolute atomic E-state index is 12.9. The molecule has 0 fully saturated rings. The van der Waals surface area contributed by atoms with Crippen LogP contribution in [-0.2, 0) is 4.79 Å². The van der Waals surface area contributed by atoms with Crippen molar-refractivity contribution in [2.75, 3.05) is 6.54 Å². The summed E-state index contributed by atoms with van der Waals surface area (Å²) in [4.78, 5) is 23.6. The summed E-state index contributed by atoms with van der Waals surface area (Å²) in [5, 5.41) is 5.23. The van der Waals surface area contributed by atoms with E-state index in [-0.39, 0.29) is 29.6 Å². The Labute approximate surface area is 133 Å². The zero-order valence-electron chi connectivity index (χ0n) is 13.3. The molecule has 1 aromatic heterocycles. The average molecular weight is 318 g/mol. The summed E-state index contributed by atoms with van der Waals surface area (Å²) in [7, 11) is 0. The largest absolute Gasteiger partial charge is 0.451 e. The molecule has 6 heteroatoms. The monoisotopic (exact) mass is 318 g/mol. The van der Waals surface area contributed by atoms with Crippen LogP contribution in [0.25, 0.3) is 11.3 Å². The van der Waals surface area contributed by atoms with Gasteiger partial charge in [-0.15, -0.1) is 0 Å². The van der Waals surface area contributed by atoms with E-state index in [1.165, 1.54) is 18.2 Å². The van der Waals surface area contributed by atoms with Crippen LogP contribution in [0.2, 0.25) is 0 Å². The molecule has 2 aromatic rings. The van der Waals surface area contributed by atoms with Crippen LogP contribution in [0.4, 0.5) is 4.39 Å². The van der Waals surface area contributed by atoms with Gasteiger partial charge in [-0.2, -0.15) is 0 Å². The van der Waals surface area contributed by atoms with Gasteiger partial charge in [-0.3, -0.25) is 9.59 Å². The van der Waals surface area contributed by atoms with Crippen molar-refractivity contribution in [1.82, 2.24) is 10.6 Å². The fourth-order valence-corrected chi connectivity index (χ4v) is 1.94. The second kappa shape index (κ2) is 6.64. The van der Waals surface area contributed by atoms with E-state index in [1.54, 1.807) is 18.2 Å². The molecule has 122 valence electrons. The zero-order valence-corrected chi connectivity index (χ0v) is 13.3. The van der Waals surface area contributed by atoms with Gasteiger partial charge < -0.3 is 15.1 Å². The molecule has 0 unspecified atom stereocenters. The quantitative estimate of drug-likeness (QED) is 0.910. The Morgan fingerprint density at radius 3 is 2.35 bits per heavy atom. The number of nitrogens with one attached hydrogen (secondary N) is 2. The van der Waals surface area contributed by atoms with Gasteiger partial charge in [0.15, 0.2) is 5.76 Å². The smallest absolute Gasteiger partial charge is 0.287 e. The van der Waals surface area contributed by atoms with Gasteiger partial charge in [0.05, 0.1) is 6.54 Å². The van der Waals surface area contributed by atoms with Crippen LogP contribution in [0.5, 0.6) is 0 Å². The van der Waals surface area contributed by atoms with E-state index >= 15 is 0 Å². The Bertz CT molecular complexity index is 699. The first-order valence-electron chi connectivity index (χ1n) is 7.19. The topological polar surface area (TPSA) is 71.3 Å². The van der Waals surface area contributed by atoms with Crippen molar-refractivity contribution >= 4 is 11.8 Å². The standard InChI is InChI=1S/C17H19FN2O3/c1-17(2,3)20-15(21)10-19-16(22)14-9-8-13(23-14)11-4-6-12(18)7-5-11/h4-9H,10H2,1-3H3,(H,19,22)(H,20,21). The lowest BCUT2D eigenvalue weighted by Crippen LogP contribution is -2.45. The van der Waals surface area contributed by atoms with Gasteiger partial charge in [-0.25, -0.2) is 4.39 Å². The van der Waals surface area contributed by atoms with E-state index in [0.717, 1.165) is 0 Å². The van der Waals surface area contributed by atoms with Gasteiger partial charge in [0.2, 0.25) is 5.91 Å². The lowest BCUT2D eigenvalue weighted by Gasteiger charge is -2.20. The molecule has 0 spiro atoms. The number of hydrogen-bond acceptors (Lipinski definition) is 3. The van der Waals surface area contributed by atoms with Crippen molar-refractivity contribution in [3.8, 4) is 11.3 Å². The third kappa shape index (κ3) is 4.95. The number of rotatable bonds is 4. The van der Waals surface area contributed by atoms with Crippen molar-refractivity contribution in [2.24, 2.45) is 0 Å². The van der Waals surface area contributed by atoms with Crippen molar-refractivity contribution in [1.29, 1.82) is 0 Å². The molecule has 1 aromatic carbocycles. The highest BCUT2D eigenvalue weighted by molar-refractivity contribution is 5.94. The molecule has 0 radical (unpaired) electrons. The van der Waals surface area contributed by atoms with Crippen LogP contribution in [0.3, 0.4) is 0 Å². The lowest BCUT2D eigenvalue weighted by molar-refractivity contribution is -0.121. The van der Waals surface area contributed by atoms with Crippen molar-refractivity contribution in [3.63, 3.8) is 0 Å². The summed E-state index contributed by atoms with van der Waals surface area (Å²) >= 11 is 0. The number of amides is 2. The Morgan fingerprint density at radius 2 is 1.74 bits per heavy atom. The van der Waals surface area contributed by atoms with Gasteiger partial charge in [0.25, 0.3) is 5.91 Å². The van der Waals surface area contributed by atoms with E-state index in [4.69, 9.17) is 4.42 Å². The van der Waals surface area contributed by atoms with Gasteiger partial charge in [-0.1, -0.05) is 0 Å². The number of hydrogen-bond donors (Lipinski definition) is 2. The molecular weight excluding hydrogens is 299 g/mol. The molecule has 0 saturated heterocycles. The summed E-state index contributed by atoms with van der Waals surface area (Å²) in [6.45, 7) is 5.43. The van der Waals surface area contributed by atoms with Gasteiger partial charge in [0.1, 0.15) is 11.6 Å². The van der Waals surface area contributed by atoms with E-state index < -0.39 is 5.91 Å². The molecule has 0 saturated carbocycles. The Hall–Kier alpha value is -2.63. The summed E-state index contributed by atoms with van der Waals surface area (Å²) < 4.78 is 18.3. The molecule has 2 amide bonds. The number of halogens is 1. The molecule has 2 rings (SSSR count). The zero-order chi connectivity index (χ0) is 17.0. The summed E-state index contributed by atoms with van der Waals surface area (Å²) in [5.74, 6) is -0.566. The van der Waals surface area contributed by atoms with Crippen molar-refractivity contribution in [3.05, 3.63) is 48.0 Å². The first kappa shape index (κ1) is 16.7. The minimum Gasteiger partial charge on any atom is -0.451 e. The number of carbonyl (C=O) groups excluding carboxylic acids is 2. The molecule has 2 N–H and O–H groups in total. The van der Waals surface area contributed by atoms with E-state index in [9.17, 15) is 14.0 Å². The van der Waals surface area contributed by atoms with E-state index in [2.05, 4.69) is 10.6 Å². The average Bonchev–Trinajstić information content (AvgIpc) is 2.93. The highest BCUT2D eigenvalue weighted by atomic mass is 19.1. The van der Waals surface area contributed by atoms with Gasteiger partial charge >= 0.3 is 0 Å². The molecule has 23 heavy (non-hydrogen) atoms. The molecule has 0 aliphatic heterocycles. The Kier molecular flexibility index (Phi) is 4.83. The second-order valence-corrected chi connectivity index (χ2v) is 6.15. The molecule has 5 nitrogen and oxygen atoms in total.